The summed E-state index contributed by atoms with van der Waals surface area (Å²) in [4.78, 5) is 55.5. The summed E-state index contributed by atoms with van der Waals surface area (Å²) < 4.78 is 0. The highest BCUT2D eigenvalue weighted by atomic mass is 16.2. The normalized spacial score (nSPS) is 12.9. The van der Waals surface area contributed by atoms with E-state index in [4.69, 9.17) is 28.7 Å². The molecule has 11 nitrogen and oxygen atoms in total. The summed E-state index contributed by atoms with van der Waals surface area (Å²) in [5.41, 5.74) is 29.8. The zero-order chi connectivity index (χ0) is 33.5. The topological polar surface area (TPSA) is 223 Å². The molecular formula is C33H53N7O4. The number of hydrogen-bond acceptors (Lipinski definition) is 7. The molecule has 0 heterocycles. The summed E-state index contributed by atoms with van der Waals surface area (Å²) in [7, 11) is 0. The Morgan fingerprint density at radius 3 is 1.73 bits per heavy atom. The molecule has 11 heteroatoms. The summed E-state index contributed by atoms with van der Waals surface area (Å²) in [5.74, 6) is -3.49. The van der Waals surface area contributed by atoms with Crippen LogP contribution in [0.1, 0.15) is 64.5 Å². The van der Waals surface area contributed by atoms with Gasteiger partial charge in [-0.05, 0) is 36.8 Å². The van der Waals surface area contributed by atoms with E-state index in [0.29, 0.717) is 19.3 Å². The van der Waals surface area contributed by atoms with Gasteiger partial charge >= 0.3 is 0 Å². The Morgan fingerprint density at radius 1 is 0.750 bits per heavy atom. The number of rotatable bonds is 18. The van der Waals surface area contributed by atoms with E-state index in [1.807, 2.05) is 88.4 Å². The highest BCUT2D eigenvalue weighted by Gasteiger charge is 2.30. The average molecular weight is 612 g/mol. The average Bonchev–Trinajstić information content (AvgIpc) is 3.03. The molecule has 11 N–H and O–H groups in total. The number of amides is 2. The Balaban J connectivity index is 0.00000443. The smallest absolute Gasteiger partial charge is 0.224 e. The predicted octanol–water partition coefficient (Wildman–Crippen LogP) is 1.98. The van der Waals surface area contributed by atoms with E-state index in [0.717, 1.165) is 11.1 Å². The minimum Gasteiger partial charge on any atom is -0.370 e. The van der Waals surface area contributed by atoms with Crippen molar-refractivity contribution in [1.29, 1.82) is 0 Å². The van der Waals surface area contributed by atoms with E-state index in [9.17, 15) is 19.2 Å². The molecule has 244 valence electrons. The maximum atomic E-state index is 13.5. The molecule has 0 aliphatic rings. The lowest BCUT2D eigenvalue weighted by Gasteiger charge is -2.24. The third-order valence-corrected chi connectivity index (χ3v) is 6.66. The minimum absolute atomic E-state index is 0.0700. The van der Waals surface area contributed by atoms with Crippen LogP contribution in [0.3, 0.4) is 0 Å². The highest BCUT2D eigenvalue weighted by molar-refractivity contribution is 5.94. The Morgan fingerprint density at radius 2 is 1.25 bits per heavy atom. The highest BCUT2D eigenvalue weighted by Crippen LogP contribution is 2.17. The van der Waals surface area contributed by atoms with Crippen LogP contribution in [0, 0.1) is 11.8 Å². The van der Waals surface area contributed by atoms with Crippen LogP contribution in [0.5, 0.6) is 0 Å². The first-order chi connectivity index (χ1) is 21.1. The van der Waals surface area contributed by atoms with Gasteiger partial charge in [-0.1, -0.05) is 88.4 Å². The lowest BCUT2D eigenvalue weighted by Crippen LogP contribution is -2.47. The van der Waals surface area contributed by atoms with Crippen molar-refractivity contribution in [3.8, 4) is 0 Å². The number of primary amides is 1. The van der Waals surface area contributed by atoms with E-state index in [2.05, 4.69) is 10.3 Å². The molecule has 0 aromatic heterocycles. The molecule has 2 rings (SSSR count). The van der Waals surface area contributed by atoms with Gasteiger partial charge in [0.1, 0.15) is 0 Å². The van der Waals surface area contributed by atoms with Crippen molar-refractivity contribution in [3.05, 3.63) is 71.8 Å². The van der Waals surface area contributed by atoms with Gasteiger partial charge in [0, 0.05) is 31.8 Å². The van der Waals surface area contributed by atoms with E-state index < -0.39 is 35.7 Å². The largest absolute Gasteiger partial charge is 0.370 e. The van der Waals surface area contributed by atoms with Gasteiger partial charge in [0.2, 0.25) is 11.8 Å². The summed E-state index contributed by atoms with van der Waals surface area (Å²) in [5, 5.41) is 2.82. The number of nitrogens with two attached hydrogens (primary N) is 5. The van der Waals surface area contributed by atoms with Crippen LogP contribution in [0.25, 0.3) is 0 Å². The maximum Gasteiger partial charge on any atom is 0.224 e. The number of guanidine groups is 1. The van der Waals surface area contributed by atoms with Crippen molar-refractivity contribution in [1.82, 2.24) is 5.32 Å². The molecule has 0 radical (unpaired) electrons. The van der Waals surface area contributed by atoms with Gasteiger partial charge in [-0.15, -0.1) is 0 Å². The van der Waals surface area contributed by atoms with Gasteiger partial charge in [0.15, 0.2) is 17.5 Å². The Kier molecular flexibility index (Phi) is 21.2. The standard InChI is InChI=1S/C29H41N7O4.2C2H6/c30-18-22(27(32)39)17-26(38)24(15-20-10-5-2-6-11-20)36-28(40)21(12-7-13-35-29(33)34)16-25(37)23(31)14-19-8-3-1-4-9-19;2*1-2/h1-6,8-11,21-24H,7,12-18,30-31H2,(H2,32,39)(H,36,40)(H4,33,34,35);2*1-2H3/t21-,22-,23-,24-;;/m0../s1. The van der Waals surface area contributed by atoms with Gasteiger partial charge in [0.25, 0.3) is 0 Å². The molecule has 0 bridgehead atoms. The van der Waals surface area contributed by atoms with Gasteiger partial charge in [-0.3, -0.25) is 24.2 Å². The fourth-order valence-electron chi connectivity index (χ4n) is 4.32. The number of nitrogens with zero attached hydrogens (tertiary/aromatic N) is 1. The number of hydrogen-bond donors (Lipinski definition) is 6. The molecule has 0 unspecified atom stereocenters. The van der Waals surface area contributed by atoms with Crippen molar-refractivity contribution < 1.29 is 19.2 Å². The second kappa shape index (κ2) is 23.4. The number of benzene rings is 2. The van der Waals surface area contributed by atoms with Crippen molar-refractivity contribution in [2.45, 2.75) is 78.3 Å². The first-order valence-corrected chi connectivity index (χ1v) is 15.3. The maximum absolute atomic E-state index is 13.5. The van der Waals surface area contributed by atoms with Crippen LogP contribution in [0.15, 0.2) is 65.7 Å². The first-order valence-electron chi connectivity index (χ1n) is 15.3. The number of Topliss-reactive ketones (excluding diaryl/α,β-unsaturated/α-hetero) is 2. The fourth-order valence-corrected chi connectivity index (χ4v) is 4.32. The van der Waals surface area contributed by atoms with Crippen molar-refractivity contribution in [2.75, 3.05) is 13.1 Å². The summed E-state index contributed by atoms with van der Waals surface area (Å²) in [6.45, 7) is 8.19. The number of ketones is 2. The second-order valence-electron chi connectivity index (χ2n) is 9.87. The molecule has 0 saturated heterocycles. The number of nitrogens with one attached hydrogen (secondary N) is 1. The zero-order valence-corrected chi connectivity index (χ0v) is 26.7. The van der Waals surface area contributed by atoms with Crippen molar-refractivity contribution in [2.24, 2.45) is 45.5 Å². The Labute approximate surface area is 262 Å². The molecule has 0 aliphatic heterocycles. The molecular weight excluding hydrogens is 558 g/mol. The second-order valence-corrected chi connectivity index (χ2v) is 9.87. The number of carbonyl (C=O) groups excluding carboxylic acids is 4. The third-order valence-electron chi connectivity index (χ3n) is 6.66. The van der Waals surface area contributed by atoms with E-state index in [1.165, 1.54) is 0 Å². The molecule has 4 atom stereocenters. The quantitative estimate of drug-likeness (QED) is 0.0828. The van der Waals surface area contributed by atoms with E-state index in [1.54, 1.807) is 0 Å². The lowest BCUT2D eigenvalue weighted by molar-refractivity contribution is -0.133. The zero-order valence-electron chi connectivity index (χ0n) is 26.7. The number of carbonyl (C=O) groups is 4. The van der Waals surface area contributed by atoms with Crippen LogP contribution in [-0.2, 0) is 32.0 Å². The van der Waals surface area contributed by atoms with E-state index in [-0.39, 0.29) is 49.9 Å². The van der Waals surface area contributed by atoms with Gasteiger partial charge in [0.05, 0.1) is 18.0 Å². The van der Waals surface area contributed by atoms with E-state index >= 15 is 0 Å². The van der Waals surface area contributed by atoms with Crippen LogP contribution in [0.2, 0.25) is 0 Å². The molecule has 2 aromatic rings. The Bertz CT molecular complexity index is 1140. The summed E-state index contributed by atoms with van der Waals surface area (Å²) in [6.07, 6.45) is 0.950. The molecule has 2 aromatic carbocycles. The molecule has 0 spiro atoms. The molecule has 0 saturated carbocycles. The summed E-state index contributed by atoms with van der Waals surface area (Å²) >= 11 is 0. The molecule has 0 aliphatic carbocycles. The number of aliphatic imine (C=N–C) groups is 1. The molecule has 0 fully saturated rings. The Hall–Kier alpha value is -4.09. The predicted molar refractivity (Wildman–Crippen MR) is 177 cm³/mol. The first kappa shape index (κ1) is 39.9. The van der Waals surface area contributed by atoms with Crippen LogP contribution < -0.4 is 34.0 Å². The SMILES string of the molecule is CC.CC.NC[C@H](CC(=O)[C@H](Cc1ccccc1)NC(=O)[C@@H](CCCN=C(N)N)CC(=O)[C@@H](N)Cc1ccccc1)C(N)=O. The van der Waals surface area contributed by atoms with Gasteiger partial charge < -0.3 is 34.0 Å². The van der Waals surface area contributed by atoms with Crippen LogP contribution >= 0.6 is 0 Å². The van der Waals surface area contributed by atoms with Crippen molar-refractivity contribution in [3.63, 3.8) is 0 Å². The van der Waals surface area contributed by atoms with Gasteiger partial charge in [-0.2, -0.15) is 0 Å². The lowest BCUT2D eigenvalue weighted by atomic mass is 9.90. The monoisotopic (exact) mass is 611 g/mol. The van der Waals surface area contributed by atoms with Gasteiger partial charge in [-0.25, -0.2) is 0 Å². The fraction of sp³-hybridized carbons (Fsp3) is 0.485. The van der Waals surface area contributed by atoms with Crippen LogP contribution in [0.4, 0.5) is 0 Å². The summed E-state index contributed by atoms with van der Waals surface area (Å²) in [6, 6.07) is 16.8. The minimum atomic E-state index is -0.948. The molecule has 44 heavy (non-hydrogen) atoms. The third kappa shape index (κ3) is 15.9. The van der Waals surface area contributed by atoms with Crippen LogP contribution in [-0.4, -0.2) is 54.5 Å². The molecule has 2 amide bonds. The van der Waals surface area contributed by atoms with Crippen molar-refractivity contribution >= 4 is 29.3 Å².